The third-order valence-corrected chi connectivity index (χ3v) is 3.74. The van der Waals surface area contributed by atoms with E-state index in [0.717, 1.165) is 12.1 Å². The maximum atomic E-state index is 11.0. The van der Waals surface area contributed by atoms with E-state index in [-0.39, 0.29) is 17.9 Å². The van der Waals surface area contributed by atoms with Crippen molar-refractivity contribution < 1.29 is 14.8 Å². The molecule has 2 bridgehead atoms. The number of piperazine rings is 1. The molecule has 1 aromatic heterocycles. The van der Waals surface area contributed by atoms with E-state index in [1.165, 1.54) is 17.2 Å². The number of aromatic nitrogens is 1. The van der Waals surface area contributed by atoms with Gasteiger partial charge in [-0.05, 0) is 22.4 Å². The van der Waals surface area contributed by atoms with Crippen molar-refractivity contribution in [1.29, 1.82) is 0 Å². The summed E-state index contributed by atoms with van der Waals surface area (Å²) in [5.74, 6) is -0.180. The zero-order valence-corrected chi connectivity index (χ0v) is 9.97. The van der Waals surface area contributed by atoms with Crippen LogP contribution < -0.4 is 4.90 Å². The average Bonchev–Trinajstić information content (AvgIpc) is 2.98. The Kier molecular flexibility index (Phi) is 2.51. The largest absolute Gasteiger partial charge is 0.465 e. The molecule has 2 unspecified atom stereocenters. The number of hydrogen-bond donors (Lipinski definition) is 1. The molecule has 0 aromatic carbocycles. The predicted molar refractivity (Wildman–Crippen MR) is 65.2 cm³/mol. The first kappa shape index (κ1) is 11.7. The van der Waals surface area contributed by atoms with Crippen molar-refractivity contribution >= 4 is 17.6 Å². The Labute approximate surface area is 108 Å². The van der Waals surface area contributed by atoms with E-state index in [2.05, 4.69) is 9.88 Å². The second kappa shape index (κ2) is 4.08. The first-order chi connectivity index (χ1) is 9.06. The topological polar surface area (TPSA) is 99.8 Å². The monoisotopic (exact) mass is 264 g/mol. The average molecular weight is 264 g/mol. The Morgan fingerprint density at radius 3 is 2.68 bits per heavy atom. The molecular formula is C11H12N4O4. The maximum absolute atomic E-state index is 11.0. The first-order valence-corrected chi connectivity index (χ1v) is 5.93. The van der Waals surface area contributed by atoms with Gasteiger partial charge in [-0.3, -0.25) is 0 Å². The van der Waals surface area contributed by atoms with Crippen molar-refractivity contribution in [3.63, 3.8) is 0 Å². The van der Waals surface area contributed by atoms with Crippen molar-refractivity contribution in [2.45, 2.75) is 18.5 Å². The second-order valence-electron chi connectivity index (χ2n) is 4.76. The van der Waals surface area contributed by atoms with Crippen molar-refractivity contribution in [1.82, 2.24) is 9.88 Å². The number of fused-ring (bicyclic) bond motifs is 2. The summed E-state index contributed by atoms with van der Waals surface area (Å²) >= 11 is 0. The zero-order valence-electron chi connectivity index (χ0n) is 9.97. The van der Waals surface area contributed by atoms with Gasteiger partial charge < -0.3 is 25.0 Å². The fourth-order valence-corrected chi connectivity index (χ4v) is 2.87. The summed E-state index contributed by atoms with van der Waals surface area (Å²) in [5.41, 5.74) is 0.808. The standard InChI is InChI=1S/C11H12N4O4/c16-11(17)14-6-8-3-9(14)5-13(8)7-1-2-10(12-4-7)15(18)19/h1-2,4,8-9H,3,5-6H2,(H,16,17). The summed E-state index contributed by atoms with van der Waals surface area (Å²) in [5, 5.41) is 19.5. The Morgan fingerprint density at radius 1 is 1.42 bits per heavy atom. The van der Waals surface area contributed by atoms with E-state index in [9.17, 15) is 14.9 Å². The lowest BCUT2D eigenvalue weighted by Crippen LogP contribution is -2.48. The van der Waals surface area contributed by atoms with Crippen molar-refractivity contribution in [2.75, 3.05) is 18.0 Å². The molecule has 8 heteroatoms. The van der Waals surface area contributed by atoms with Gasteiger partial charge in [0.25, 0.3) is 0 Å². The molecule has 100 valence electrons. The van der Waals surface area contributed by atoms with Crippen molar-refractivity contribution in [2.24, 2.45) is 0 Å². The number of amides is 1. The minimum Gasteiger partial charge on any atom is -0.465 e. The van der Waals surface area contributed by atoms with Gasteiger partial charge in [0.1, 0.15) is 0 Å². The number of rotatable bonds is 2. The highest BCUT2D eigenvalue weighted by molar-refractivity contribution is 5.67. The molecule has 1 aromatic rings. The number of pyridine rings is 1. The Balaban J connectivity index is 1.76. The summed E-state index contributed by atoms with van der Waals surface area (Å²) in [7, 11) is 0. The molecular weight excluding hydrogens is 252 g/mol. The van der Waals surface area contributed by atoms with E-state index in [4.69, 9.17) is 5.11 Å². The minimum absolute atomic E-state index is 0.0118. The van der Waals surface area contributed by atoms with Crippen LogP contribution in [0.1, 0.15) is 6.42 Å². The number of carbonyl (C=O) groups is 1. The minimum atomic E-state index is -0.881. The highest BCUT2D eigenvalue weighted by Gasteiger charge is 2.45. The quantitative estimate of drug-likeness (QED) is 0.630. The fourth-order valence-electron chi connectivity index (χ4n) is 2.87. The van der Waals surface area contributed by atoms with Gasteiger partial charge in [0.05, 0.1) is 11.7 Å². The summed E-state index contributed by atoms with van der Waals surface area (Å²) in [6, 6.07) is 3.19. The van der Waals surface area contributed by atoms with Crippen LogP contribution in [0.5, 0.6) is 0 Å². The molecule has 0 radical (unpaired) electrons. The maximum Gasteiger partial charge on any atom is 0.407 e. The van der Waals surface area contributed by atoms with E-state index in [1.807, 2.05) is 0 Å². The Morgan fingerprint density at radius 2 is 2.21 bits per heavy atom. The van der Waals surface area contributed by atoms with E-state index in [1.54, 1.807) is 6.07 Å². The first-order valence-electron chi connectivity index (χ1n) is 5.93. The number of carboxylic acid groups (broad SMARTS) is 1. The van der Waals surface area contributed by atoms with Crippen LogP contribution in [0.25, 0.3) is 0 Å². The summed E-state index contributed by atoms with van der Waals surface area (Å²) < 4.78 is 0. The molecule has 19 heavy (non-hydrogen) atoms. The van der Waals surface area contributed by atoms with Crippen molar-refractivity contribution in [3.05, 3.63) is 28.4 Å². The Hall–Kier alpha value is -2.38. The third-order valence-electron chi connectivity index (χ3n) is 3.74. The van der Waals surface area contributed by atoms with Crippen LogP contribution in [0, 0.1) is 10.1 Å². The second-order valence-corrected chi connectivity index (χ2v) is 4.76. The third kappa shape index (κ3) is 1.85. The number of likely N-dealkylation sites (tertiary alicyclic amines) is 1. The molecule has 1 N–H and O–H groups in total. The number of hydrogen-bond acceptors (Lipinski definition) is 5. The number of nitrogens with zero attached hydrogens (tertiary/aromatic N) is 4. The van der Waals surface area contributed by atoms with Gasteiger partial charge in [-0.2, -0.15) is 0 Å². The van der Waals surface area contributed by atoms with Crippen LogP contribution in [0.15, 0.2) is 18.3 Å². The highest BCUT2D eigenvalue weighted by Crippen LogP contribution is 2.34. The zero-order chi connectivity index (χ0) is 13.6. The molecule has 2 fully saturated rings. The molecule has 2 saturated heterocycles. The van der Waals surface area contributed by atoms with Crippen LogP contribution >= 0.6 is 0 Å². The lowest BCUT2D eigenvalue weighted by atomic mass is 10.2. The van der Waals surface area contributed by atoms with E-state index >= 15 is 0 Å². The summed E-state index contributed by atoms with van der Waals surface area (Å²) in [6.07, 6.45) is 1.40. The number of nitro groups is 1. The summed E-state index contributed by atoms with van der Waals surface area (Å²) in [6.45, 7) is 1.10. The molecule has 1 amide bonds. The van der Waals surface area contributed by atoms with Crippen LogP contribution in [-0.4, -0.2) is 51.2 Å². The number of anilines is 1. The van der Waals surface area contributed by atoms with Gasteiger partial charge >= 0.3 is 11.9 Å². The van der Waals surface area contributed by atoms with E-state index in [0.29, 0.717) is 13.1 Å². The molecule has 0 aliphatic carbocycles. The predicted octanol–water partition coefficient (Wildman–Crippen LogP) is 0.931. The SMILES string of the molecule is O=C(O)N1CC2CC1CN2c1ccc([N+](=O)[O-])nc1. The fraction of sp³-hybridized carbons (Fsp3) is 0.455. The molecule has 3 rings (SSSR count). The van der Waals surface area contributed by atoms with Crippen LogP contribution in [0.2, 0.25) is 0 Å². The smallest absolute Gasteiger partial charge is 0.407 e. The van der Waals surface area contributed by atoms with Gasteiger partial charge in [-0.1, -0.05) is 0 Å². The molecule has 2 aliphatic heterocycles. The molecule has 2 aliphatic rings. The van der Waals surface area contributed by atoms with Crippen LogP contribution in [-0.2, 0) is 0 Å². The van der Waals surface area contributed by atoms with Gasteiger partial charge in [0.2, 0.25) is 0 Å². The van der Waals surface area contributed by atoms with Gasteiger partial charge in [-0.15, -0.1) is 0 Å². The molecule has 3 heterocycles. The molecule has 0 spiro atoms. The highest BCUT2D eigenvalue weighted by atomic mass is 16.6. The van der Waals surface area contributed by atoms with E-state index < -0.39 is 11.0 Å². The van der Waals surface area contributed by atoms with Gasteiger partial charge in [0, 0.05) is 25.2 Å². The van der Waals surface area contributed by atoms with Crippen LogP contribution in [0.3, 0.4) is 0 Å². The molecule has 0 saturated carbocycles. The molecule has 2 atom stereocenters. The lowest BCUT2D eigenvalue weighted by molar-refractivity contribution is -0.389. The molecule has 8 nitrogen and oxygen atoms in total. The van der Waals surface area contributed by atoms with Gasteiger partial charge in [-0.25, -0.2) is 4.79 Å². The van der Waals surface area contributed by atoms with Crippen LogP contribution in [0.4, 0.5) is 16.3 Å². The Bertz CT molecular complexity index is 532. The van der Waals surface area contributed by atoms with Gasteiger partial charge in [0.15, 0.2) is 6.20 Å². The lowest BCUT2D eigenvalue weighted by Gasteiger charge is -2.33. The van der Waals surface area contributed by atoms with Crippen molar-refractivity contribution in [3.8, 4) is 0 Å². The summed E-state index contributed by atoms with van der Waals surface area (Å²) in [4.78, 5) is 28.3. The normalized spacial score (nSPS) is 24.8.